The van der Waals surface area contributed by atoms with Crippen molar-refractivity contribution >= 4 is 19.8 Å². The summed E-state index contributed by atoms with van der Waals surface area (Å²) in [7, 11) is -4.75. The summed E-state index contributed by atoms with van der Waals surface area (Å²) in [5.41, 5.74) is 0. The van der Waals surface area contributed by atoms with Crippen molar-refractivity contribution in [1.82, 2.24) is 0 Å². The fourth-order valence-electron chi connectivity index (χ4n) is 6.85. The van der Waals surface area contributed by atoms with Crippen molar-refractivity contribution in [2.75, 3.05) is 13.2 Å². The van der Waals surface area contributed by atoms with Gasteiger partial charge in [0, 0.05) is 12.8 Å². The van der Waals surface area contributed by atoms with E-state index < -0.39 is 32.5 Å². The molecule has 1 atom stereocenters. The number of unbranched alkanes of at least 4 members (excludes halogenated alkanes) is 31. The average Bonchev–Trinajstić information content (AvgIpc) is 3.14. The van der Waals surface area contributed by atoms with Crippen LogP contribution in [0.5, 0.6) is 0 Å². The molecule has 0 amide bonds. The molecule has 0 saturated carbocycles. The molecule has 2 N–H and O–H groups in total. The van der Waals surface area contributed by atoms with E-state index in [9.17, 15) is 14.2 Å². The van der Waals surface area contributed by atoms with Gasteiger partial charge in [0.2, 0.25) is 0 Å². The summed E-state index contributed by atoms with van der Waals surface area (Å²) in [4.78, 5) is 42.9. The topological polar surface area (TPSA) is 119 Å². The number of esters is 2. The van der Waals surface area contributed by atoms with Crippen LogP contribution in [0.15, 0.2) is 12.2 Å². The molecule has 0 aliphatic carbocycles. The number of hydrogen-bond donors (Lipinski definition) is 2. The van der Waals surface area contributed by atoms with Crippen molar-refractivity contribution in [3.63, 3.8) is 0 Å². The van der Waals surface area contributed by atoms with Gasteiger partial charge in [-0.25, -0.2) is 4.57 Å². The van der Waals surface area contributed by atoms with Gasteiger partial charge in [-0.2, -0.15) is 0 Å². The smallest absolute Gasteiger partial charge is 0.462 e. The molecule has 0 bridgehead atoms. The Morgan fingerprint density at radius 1 is 0.463 bits per heavy atom. The van der Waals surface area contributed by atoms with E-state index in [-0.39, 0.29) is 19.4 Å². The number of hydrogen-bond acceptors (Lipinski definition) is 6. The summed E-state index contributed by atoms with van der Waals surface area (Å²) >= 11 is 0. The minimum Gasteiger partial charge on any atom is -0.462 e. The van der Waals surface area contributed by atoms with Crippen LogP contribution in [0.4, 0.5) is 0 Å². The first-order valence-corrected chi connectivity index (χ1v) is 24.5. The SMILES string of the molecule is CCCCCCCCCCCCCCCCCCCC/C=C/CCCC(=O)OC[C@H](COP(=O)(O)O)OC(=O)CCCCCCCCCCCCCCC. The fraction of sp³-hybridized carbons (Fsp3) is 0.911. The molecule has 0 aromatic rings. The van der Waals surface area contributed by atoms with Gasteiger partial charge in [0.15, 0.2) is 6.10 Å². The highest BCUT2D eigenvalue weighted by molar-refractivity contribution is 7.46. The molecule has 0 saturated heterocycles. The van der Waals surface area contributed by atoms with E-state index in [0.29, 0.717) is 12.8 Å². The minimum absolute atomic E-state index is 0.212. The molecular weight excluding hydrogens is 699 g/mol. The largest absolute Gasteiger partial charge is 0.469 e. The van der Waals surface area contributed by atoms with E-state index in [2.05, 4.69) is 30.5 Å². The third-order valence-electron chi connectivity index (χ3n) is 10.3. The first-order chi connectivity index (χ1) is 26.3. The molecule has 0 rings (SSSR count). The standard InChI is InChI=1S/C45H87O8P/c1-3-5-7-9-11-13-15-17-18-19-20-21-22-23-24-25-26-28-29-31-33-35-37-39-44(46)51-41-43(42-52-54(48,49)50)53-45(47)40-38-36-34-32-30-27-16-14-12-10-8-6-4-2/h31,33,43H,3-30,32,34-42H2,1-2H3,(H2,48,49,50)/b33-31+/t43-/m1/s1. The van der Waals surface area contributed by atoms with E-state index in [1.807, 2.05) is 0 Å². The number of phosphoric acid groups is 1. The van der Waals surface area contributed by atoms with Crippen molar-refractivity contribution in [3.05, 3.63) is 12.2 Å². The zero-order valence-electron chi connectivity index (χ0n) is 35.4. The molecular formula is C45H87O8P. The van der Waals surface area contributed by atoms with Gasteiger partial charge in [0.05, 0.1) is 6.61 Å². The third-order valence-corrected chi connectivity index (χ3v) is 10.8. The van der Waals surface area contributed by atoms with Gasteiger partial charge in [0.25, 0.3) is 0 Å². The summed E-state index contributed by atoms with van der Waals surface area (Å²) < 4.78 is 26.4. The van der Waals surface area contributed by atoms with Gasteiger partial charge in [-0.05, 0) is 32.1 Å². The minimum atomic E-state index is -4.75. The highest BCUT2D eigenvalue weighted by atomic mass is 31.2. The Morgan fingerprint density at radius 3 is 1.19 bits per heavy atom. The Morgan fingerprint density at radius 2 is 0.796 bits per heavy atom. The normalized spacial score (nSPS) is 12.4. The van der Waals surface area contributed by atoms with Crippen LogP contribution in [0.2, 0.25) is 0 Å². The molecule has 54 heavy (non-hydrogen) atoms. The number of carbonyl (C=O) groups excluding carboxylic acids is 2. The molecule has 0 unspecified atom stereocenters. The number of ether oxygens (including phenoxy) is 2. The van der Waals surface area contributed by atoms with Gasteiger partial charge in [-0.15, -0.1) is 0 Å². The Balaban J connectivity index is 3.81. The molecule has 0 spiro atoms. The average molecular weight is 787 g/mol. The van der Waals surface area contributed by atoms with Crippen molar-refractivity contribution < 1.29 is 37.9 Å². The second-order valence-electron chi connectivity index (χ2n) is 15.7. The summed E-state index contributed by atoms with van der Waals surface area (Å²) in [5.74, 6) is -0.908. The van der Waals surface area contributed by atoms with E-state index in [4.69, 9.17) is 19.3 Å². The fourth-order valence-corrected chi connectivity index (χ4v) is 7.21. The van der Waals surface area contributed by atoms with Crippen LogP contribution in [0.25, 0.3) is 0 Å². The highest BCUT2D eigenvalue weighted by Crippen LogP contribution is 2.36. The van der Waals surface area contributed by atoms with E-state index in [1.165, 1.54) is 173 Å². The lowest BCUT2D eigenvalue weighted by atomic mass is 10.0. The molecule has 0 radical (unpaired) electrons. The zero-order valence-corrected chi connectivity index (χ0v) is 36.3. The second-order valence-corrected chi connectivity index (χ2v) is 17.0. The summed E-state index contributed by atoms with van der Waals surface area (Å²) in [5, 5.41) is 0. The molecule has 0 aromatic carbocycles. The van der Waals surface area contributed by atoms with E-state index in [0.717, 1.165) is 32.1 Å². The van der Waals surface area contributed by atoms with Gasteiger partial charge in [-0.3, -0.25) is 14.1 Å². The van der Waals surface area contributed by atoms with Crippen molar-refractivity contribution in [3.8, 4) is 0 Å². The molecule has 8 nitrogen and oxygen atoms in total. The second kappa shape index (κ2) is 41.4. The number of allylic oxidation sites excluding steroid dienone is 2. The summed E-state index contributed by atoms with van der Waals surface area (Å²) in [6, 6.07) is 0. The molecule has 320 valence electrons. The Kier molecular flexibility index (Phi) is 40.5. The maximum absolute atomic E-state index is 12.4. The number of rotatable bonds is 43. The molecule has 0 fully saturated rings. The van der Waals surface area contributed by atoms with Crippen LogP contribution >= 0.6 is 7.82 Å². The van der Waals surface area contributed by atoms with Crippen LogP contribution in [0, 0.1) is 0 Å². The van der Waals surface area contributed by atoms with Crippen molar-refractivity contribution in [2.24, 2.45) is 0 Å². The summed E-state index contributed by atoms with van der Waals surface area (Å²) in [6.45, 7) is 3.69. The van der Waals surface area contributed by atoms with Gasteiger partial charge in [-0.1, -0.05) is 212 Å². The lowest BCUT2D eigenvalue weighted by Gasteiger charge is -2.18. The molecule has 9 heteroatoms. The predicted octanol–water partition coefficient (Wildman–Crippen LogP) is 14.2. The number of carbonyl (C=O) groups is 2. The Hall–Kier alpha value is -1.21. The van der Waals surface area contributed by atoms with E-state index in [1.54, 1.807) is 0 Å². The Labute approximate surface area is 333 Å². The van der Waals surface area contributed by atoms with E-state index >= 15 is 0 Å². The highest BCUT2D eigenvalue weighted by Gasteiger charge is 2.22. The van der Waals surface area contributed by atoms with Crippen LogP contribution in [0.1, 0.15) is 245 Å². The first kappa shape index (κ1) is 52.8. The maximum atomic E-state index is 12.4. The molecule has 0 aliphatic heterocycles. The van der Waals surface area contributed by atoms with Crippen LogP contribution in [0.3, 0.4) is 0 Å². The maximum Gasteiger partial charge on any atom is 0.469 e. The zero-order chi connectivity index (χ0) is 39.6. The lowest BCUT2D eigenvalue weighted by Crippen LogP contribution is -2.29. The third kappa shape index (κ3) is 43.5. The molecule has 0 heterocycles. The van der Waals surface area contributed by atoms with Gasteiger partial charge in [0.1, 0.15) is 6.61 Å². The van der Waals surface area contributed by atoms with Gasteiger partial charge < -0.3 is 19.3 Å². The predicted molar refractivity (Wildman–Crippen MR) is 226 cm³/mol. The van der Waals surface area contributed by atoms with Crippen LogP contribution in [-0.4, -0.2) is 41.0 Å². The molecule has 0 aliphatic rings. The van der Waals surface area contributed by atoms with Gasteiger partial charge >= 0.3 is 19.8 Å². The van der Waals surface area contributed by atoms with Crippen LogP contribution in [-0.2, 0) is 28.2 Å². The number of phosphoric ester groups is 1. The summed E-state index contributed by atoms with van der Waals surface area (Å²) in [6.07, 6.45) is 46.7. The van der Waals surface area contributed by atoms with Crippen LogP contribution < -0.4 is 0 Å². The van der Waals surface area contributed by atoms with Crippen molar-refractivity contribution in [1.29, 1.82) is 0 Å². The Bertz CT molecular complexity index is 889. The lowest BCUT2D eigenvalue weighted by molar-refractivity contribution is -0.161. The first-order valence-electron chi connectivity index (χ1n) is 23.0. The quantitative estimate of drug-likeness (QED) is 0.0271. The monoisotopic (exact) mass is 787 g/mol. The molecule has 0 aromatic heterocycles. The van der Waals surface area contributed by atoms with Crippen molar-refractivity contribution in [2.45, 2.75) is 251 Å².